The summed E-state index contributed by atoms with van der Waals surface area (Å²) in [4.78, 5) is 31.5. The van der Waals surface area contributed by atoms with Crippen molar-refractivity contribution < 1.29 is 14.3 Å². The molecule has 26 heavy (non-hydrogen) atoms. The maximum absolute atomic E-state index is 13.2. The Labute approximate surface area is 151 Å². The van der Waals surface area contributed by atoms with E-state index in [1.54, 1.807) is 30.5 Å². The molecule has 2 aromatic heterocycles. The normalized spacial score (nSPS) is 13.6. The minimum absolute atomic E-state index is 0.153. The van der Waals surface area contributed by atoms with Crippen molar-refractivity contribution in [3.05, 3.63) is 71.7 Å². The standard InChI is InChI=1S/C20H19N3O3/c1-26-20(25)17-7-3-2-6-16(17)19(24)23(14-9-10-14)13-15-12-21-18-8-4-5-11-22(15)18/h2-8,11-12,14H,9-10,13H2,1H3. The van der Waals surface area contributed by atoms with Gasteiger partial charge in [0.05, 0.1) is 36.7 Å². The highest BCUT2D eigenvalue weighted by atomic mass is 16.5. The topological polar surface area (TPSA) is 63.9 Å². The largest absolute Gasteiger partial charge is 0.465 e. The predicted molar refractivity (Wildman–Crippen MR) is 95.9 cm³/mol. The van der Waals surface area contributed by atoms with Crippen LogP contribution in [0.2, 0.25) is 0 Å². The lowest BCUT2D eigenvalue weighted by Crippen LogP contribution is -2.34. The maximum atomic E-state index is 13.2. The third-order valence-corrected chi connectivity index (χ3v) is 4.64. The number of pyridine rings is 1. The van der Waals surface area contributed by atoms with E-state index in [0.29, 0.717) is 17.7 Å². The highest BCUT2D eigenvalue weighted by molar-refractivity contribution is 6.05. The molecule has 0 atom stereocenters. The summed E-state index contributed by atoms with van der Waals surface area (Å²) >= 11 is 0. The number of carbonyl (C=O) groups excluding carboxylic acids is 2. The average molecular weight is 349 g/mol. The first-order chi connectivity index (χ1) is 12.7. The van der Waals surface area contributed by atoms with Gasteiger partial charge in [-0.15, -0.1) is 0 Å². The van der Waals surface area contributed by atoms with E-state index in [0.717, 1.165) is 24.2 Å². The first-order valence-corrected chi connectivity index (χ1v) is 8.58. The lowest BCUT2D eigenvalue weighted by Gasteiger charge is -2.23. The van der Waals surface area contributed by atoms with Gasteiger partial charge in [-0.1, -0.05) is 18.2 Å². The number of ether oxygens (including phenoxy) is 1. The Bertz CT molecular complexity index is 975. The highest BCUT2D eigenvalue weighted by Crippen LogP contribution is 2.30. The van der Waals surface area contributed by atoms with Crippen molar-refractivity contribution >= 4 is 17.5 Å². The van der Waals surface area contributed by atoms with E-state index in [1.165, 1.54) is 7.11 Å². The van der Waals surface area contributed by atoms with Crippen LogP contribution in [0.5, 0.6) is 0 Å². The van der Waals surface area contributed by atoms with Crippen molar-refractivity contribution in [2.24, 2.45) is 0 Å². The summed E-state index contributed by atoms with van der Waals surface area (Å²) in [5.41, 5.74) is 2.46. The van der Waals surface area contributed by atoms with Crippen molar-refractivity contribution in [1.82, 2.24) is 14.3 Å². The number of methoxy groups -OCH3 is 1. The van der Waals surface area contributed by atoms with Gasteiger partial charge in [0, 0.05) is 12.2 Å². The van der Waals surface area contributed by atoms with Crippen LogP contribution in [-0.4, -0.2) is 39.3 Å². The molecule has 0 radical (unpaired) electrons. The Balaban J connectivity index is 1.68. The fourth-order valence-electron chi connectivity index (χ4n) is 3.14. The van der Waals surface area contributed by atoms with Crippen molar-refractivity contribution in [2.45, 2.75) is 25.4 Å². The fourth-order valence-corrected chi connectivity index (χ4v) is 3.14. The first-order valence-electron chi connectivity index (χ1n) is 8.58. The van der Waals surface area contributed by atoms with Crippen LogP contribution >= 0.6 is 0 Å². The minimum atomic E-state index is -0.500. The van der Waals surface area contributed by atoms with Crippen LogP contribution < -0.4 is 0 Å². The quantitative estimate of drug-likeness (QED) is 0.665. The summed E-state index contributed by atoms with van der Waals surface area (Å²) in [7, 11) is 1.32. The van der Waals surface area contributed by atoms with Gasteiger partial charge in [0.1, 0.15) is 5.65 Å². The van der Waals surface area contributed by atoms with Crippen LogP contribution in [-0.2, 0) is 11.3 Å². The number of benzene rings is 1. The van der Waals surface area contributed by atoms with Crippen LogP contribution in [0.4, 0.5) is 0 Å². The second-order valence-corrected chi connectivity index (χ2v) is 6.38. The molecule has 0 unspecified atom stereocenters. The molecular formula is C20H19N3O3. The van der Waals surface area contributed by atoms with E-state index in [2.05, 4.69) is 4.98 Å². The van der Waals surface area contributed by atoms with Crippen molar-refractivity contribution in [3.8, 4) is 0 Å². The molecule has 6 nitrogen and oxygen atoms in total. The van der Waals surface area contributed by atoms with E-state index in [9.17, 15) is 9.59 Å². The van der Waals surface area contributed by atoms with E-state index in [1.807, 2.05) is 33.7 Å². The van der Waals surface area contributed by atoms with Crippen molar-refractivity contribution in [2.75, 3.05) is 7.11 Å². The van der Waals surface area contributed by atoms with Crippen LogP contribution in [0.25, 0.3) is 5.65 Å². The smallest absolute Gasteiger partial charge is 0.338 e. The molecule has 4 rings (SSSR count). The molecule has 1 amide bonds. The molecule has 1 fully saturated rings. The summed E-state index contributed by atoms with van der Waals surface area (Å²) in [6.45, 7) is 0.449. The molecule has 3 aromatic rings. The number of hydrogen-bond donors (Lipinski definition) is 0. The number of aromatic nitrogens is 2. The van der Waals surface area contributed by atoms with E-state index in [4.69, 9.17) is 4.74 Å². The maximum Gasteiger partial charge on any atom is 0.338 e. The molecule has 2 heterocycles. The summed E-state index contributed by atoms with van der Waals surface area (Å²) in [5, 5.41) is 0. The summed E-state index contributed by atoms with van der Waals surface area (Å²) in [6, 6.07) is 12.8. The van der Waals surface area contributed by atoms with Gasteiger partial charge in [-0.05, 0) is 37.1 Å². The SMILES string of the molecule is COC(=O)c1ccccc1C(=O)N(Cc1cnc2ccccn12)C1CC1. The molecule has 1 aromatic carbocycles. The number of fused-ring (bicyclic) bond motifs is 1. The predicted octanol–water partition coefficient (Wildman–Crippen LogP) is 2.93. The van der Waals surface area contributed by atoms with Gasteiger partial charge < -0.3 is 14.0 Å². The Kier molecular flexibility index (Phi) is 4.16. The number of esters is 1. The zero-order valence-corrected chi connectivity index (χ0v) is 14.5. The second-order valence-electron chi connectivity index (χ2n) is 6.38. The van der Waals surface area contributed by atoms with E-state index >= 15 is 0 Å². The molecule has 0 spiro atoms. The molecule has 0 aliphatic heterocycles. The highest BCUT2D eigenvalue weighted by Gasteiger charge is 2.35. The molecule has 0 bridgehead atoms. The molecule has 132 valence electrons. The fraction of sp³-hybridized carbons (Fsp3) is 0.250. The van der Waals surface area contributed by atoms with Crippen LogP contribution in [0.3, 0.4) is 0 Å². The number of amides is 1. The summed E-state index contributed by atoms with van der Waals surface area (Å²) in [6.07, 6.45) is 5.69. The van der Waals surface area contributed by atoms with E-state index in [-0.39, 0.29) is 11.9 Å². The average Bonchev–Trinajstić information content (AvgIpc) is 3.45. The summed E-state index contributed by atoms with van der Waals surface area (Å²) < 4.78 is 6.80. The first kappa shape index (κ1) is 16.3. The third kappa shape index (κ3) is 2.94. The van der Waals surface area contributed by atoms with Gasteiger partial charge in [0.15, 0.2) is 0 Å². The molecular weight excluding hydrogens is 330 g/mol. The number of imidazole rings is 1. The minimum Gasteiger partial charge on any atom is -0.465 e. The van der Waals surface area contributed by atoms with Crippen LogP contribution in [0.15, 0.2) is 54.9 Å². The Hall–Kier alpha value is -3.15. The Morgan fingerprint density at radius 1 is 1.15 bits per heavy atom. The number of hydrogen-bond acceptors (Lipinski definition) is 4. The van der Waals surface area contributed by atoms with Gasteiger partial charge in [0.25, 0.3) is 5.91 Å². The van der Waals surface area contributed by atoms with Crippen LogP contribution in [0, 0.1) is 0 Å². The molecule has 6 heteroatoms. The summed E-state index contributed by atoms with van der Waals surface area (Å²) in [5.74, 6) is -0.654. The number of carbonyl (C=O) groups is 2. The number of rotatable bonds is 5. The second kappa shape index (κ2) is 6.63. The van der Waals surface area contributed by atoms with Gasteiger partial charge in [-0.3, -0.25) is 4.79 Å². The molecule has 1 saturated carbocycles. The molecule has 0 N–H and O–H groups in total. The molecule has 0 saturated heterocycles. The lowest BCUT2D eigenvalue weighted by atomic mass is 10.1. The Morgan fingerprint density at radius 3 is 2.62 bits per heavy atom. The van der Waals surface area contributed by atoms with Gasteiger partial charge in [0.2, 0.25) is 0 Å². The monoisotopic (exact) mass is 349 g/mol. The zero-order valence-electron chi connectivity index (χ0n) is 14.5. The van der Waals surface area contributed by atoms with Crippen molar-refractivity contribution in [3.63, 3.8) is 0 Å². The van der Waals surface area contributed by atoms with Gasteiger partial charge in [-0.2, -0.15) is 0 Å². The Morgan fingerprint density at radius 2 is 1.88 bits per heavy atom. The lowest BCUT2D eigenvalue weighted by molar-refractivity contribution is 0.0587. The number of nitrogens with zero attached hydrogens (tertiary/aromatic N) is 3. The van der Waals surface area contributed by atoms with E-state index < -0.39 is 5.97 Å². The third-order valence-electron chi connectivity index (χ3n) is 4.64. The van der Waals surface area contributed by atoms with Gasteiger partial charge >= 0.3 is 5.97 Å². The molecule has 1 aliphatic carbocycles. The van der Waals surface area contributed by atoms with Gasteiger partial charge in [-0.25, -0.2) is 9.78 Å². The van der Waals surface area contributed by atoms with Crippen LogP contribution in [0.1, 0.15) is 39.3 Å². The van der Waals surface area contributed by atoms with Crippen molar-refractivity contribution in [1.29, 1.82) is 0 Å². The zero-order chi connectivity index (χ0) is 18.1. The molecule has 1 aliphatic rings.